The summed E-state index contributed by atoms with van der Waals surface area (Å²) in [5.41, 5.74) is -1.98. The lowest BCUT2D eigenvalue weighted by atomic mass is 9.94. The van der Waals surface area contributed by atoms with Crippen molar-refractivity contribution in [2.45, 2.75) is 24.9 Å². The van der Waals surface area contributed by atoms with Crippen molar-refractivity contribution in [3.8, 4) is 11.5 Å². The highest BCUT2D eigenvalue weighted by molar-refractivity contribution is 5.92. The van der Waals surface area contributed by atoms with Crippen molar-refractivity contribution < 1.29 is 39.9 Å². The van der Waals surface area contributed by atoms with Gasteiger partial charge in [0.25, 0.3) is 5.91 Å². The van der Waals surface area contributed by atoms with E-state index in [4.69, 9.17) is 15.3 Å². The molecule has 0 saturated carbocycles. The minimum atomic E-state index is -2.55. The van der Waals surface area contributed by atoms with E-state index in [0.717, 1.165) is 0 Å². The fraction of sp³-hybridized carbons (Fsp3) is 0.357. The van der Waals surface area contributed by atoms with Crippen LogP contribution in [0, 0.1) is 0 Å². The predicted octanol–water partition coefficient (Wildman–Crippen LogP) is -0.563. The van der Waals surface area contributed by atoms with Crippen LogP contribution in [0.2, 0.25) is 0 Å². The van der Waals surface area contributed by atoms with Crippen LogP contribution in [0.15, 0.2) is 18.2 Å². The standard InChI is InChI=1S/C14H17NO8/c16-9-2-1-8(5-10(9)17)3-4-15-13(22)14(23,6-11(18)19)7-12(20)21/h1-2,5,16-17,23H,3-4,6-7H2,(H,15,22)(H,18,19)(H,20,21). The second kappa shape index (κ2) is 7.45. The number of aliphatic hydroxyl groups is 1. The molecule has 126 valence electrons. The van der Waals surface area contributed by atoms with Crippen LogP contribution in [0.1, 0.15) is 18.4 Å². The first-order valence-corrected chi connectivity index (χ1v) is 6.59. The minimum Gasteiger partial charge on any atom is -0.504 e. The Morgan fingerprint density at radius 3 is 2.04 bits per heavy atom. The number of hydrogen-bond acceptors (Lipinski definition) is 6. The Bertz CT molecular complexity index is 597. The number of aliphatic carboxylic acids is 2. The predicted molar refractivity (Wildman–Crippen MR) is 75.9 cm³/mol. The third-order valence-electron chi connectivity index (χ3n) is 3.05. The average molecular weight is 327 g/mol. The van der Waals surface area contributed by atoms with Crippen LogP contribution in [0.4, 0.5) is 0 Å². The van der Waals surface area contributed by atoms with E-state index in [1.165, 1.54) is 18.2 Å². The van der Waals surface area contributed by atoms with Gasteiger partial charge in [0.15, 0.2) is 17.1 Å². The molecule has 9 nitrogen and oxygen atoms in total. The highest BCUT2D eigenvalue weighted by atomic mass is 16.4. The topological polar surface area (TPSA) is 164 Å². The number of nitrogens with one attached hydrogen (secondary N) is 1. The number of rotatable bonds is 8. The van der Waals surface area contributed by atoms with Gasteiger partial charge in [0.1, 0.15) is 0 Å². The maximum Gasteiger partial charge on any atom is 0.306 e. The van der Waals surface area contributed by atoms with Crippen LogP contribution in [-0.2, 0) is 20.8 Å². The van der Waals surface area contributed by atoms with E-state index >= 15 is 0 Å². The summed E-state index contributed by atoms with van der Waals surface area (Å²) < 4.78 is 0. The van der Waals surface area contributed by atoms with Gasteiger partial charge in [-0.1, -0.05) is 6.07 Å². The normalized spacial score (nSPS) is 11.0. The summed E-state index contributed by atoms with van der Waals surface area (Å²) in [5.74, 6) is -4.75. The zero-order valence-electron chi connectivity index (χ0n) is 12.0. The van der Waals surface area contributed by atoms with Gasteiger partial charge < -0.3 is 30.8 Å². The van der Waals surface area contributed by atoms with Gasteiger partial charge in [-0.25, -0.2) is 0 Å². The van der Waals surface area contributed by atoms with Crippen LogP contribution >= 0.6 is 0 Å². The molecule has 0 spiro atoms. The van der Waals surface area contributed by atoms with E-state index < -0.39 is 36.3 Å². The lowest BCUT2D eigenvalue weighted by molar-refractivity contribution is -0.159. The second-order valence-corrected chi connectivity index (χ2v) is 5.00. The molecule has 0 atom stereocenters. The molecule has 1 rings (SSSR count). The van der Waals surface area contributed by atoms with Crippen molar-refractivity contribution in [3.63, 3.8) is 0 Å². The molecule has 0 radical (unpaired) electrons. The van der Waals surface area contributed by atoms with Crippen LogP contribution in [-0.4, -0.2) is 55.5 Å². The Morgan fingerprint density at radius 1 is 1.00 bits per heavy atom. The van der Waals surface area contributed by atoms with E-state index in [0.29, 0.717) is 5.56 Å². The van der Waals surface area contributed by atoms with Gasteiger partial charge in [-0.15, -0.1) is 0 Å². The Morgan fingerprint density at radius 2 is 1.57 bits per heavy atom. The molecule has 1 aromatic carbocycles. The van der Waals surface area contributed by atoms with Crippen molar-refractivity contribution in [1.29, 1.82) is 0 Å². The largest absolute Gasteiger partial charge is 0.504 e. The lowest BCUT2D eigenvalue weighted by Gasteiger charge is -2.23. The number of hydrogen-bond donors (Lipinski definition) is 6. The summed E-state index contributed by atoms with van der Waals surface area (Å²) in [4.78, 5) is 33.2. The first-order chi connectivity index (χ1) is 10.6. The number of carboxylic acids is 2. The van der Waals surface area contributed by atoms with Gasteiger partial charge in [0.2, 0.25) is 0 Å². The molecule has 1 amide bonds. The van der Waals surface area contributed by atoms with Crippen LogP contribution in [0.3, 0.4) is 0 Å². The summed E-state index contributed by atoms with van der Waals surface area (Å²) in [5, 5.41) is 48.1. The van der Waals surface area contributed by atoms with Crippen LogP contribution < -0.4 is 5.32 Å². The Hall–Kier alpha value is -2.81. The average Bonchev–Trinajstić information content (AvgIpc) is 2.40. The second-order valence-electron chi connectivity index (χ2n) is 5.00. The molecular formula is C14H17NO8. The number of benzene rings is 1. The van der Waals surface area contributed by atoms with Gasteiger partial charge in [-0.2, -0.15) is 0 Å². The van der Waals surface area contributed by atoms with Crippen LogP contribution in [0.5, 0.6) is 11.5 Å². The van der Waals surface area contributed by atoms with Gasteiger partial charge in [0, 0.05) is 6.54 Å². The third-order valence-corrected chi connectivity index (χ3v) is 3.05. The molecule has 0 heterocycles. The maximum absolute atomic E-state index is 11.9. The monoisotopic (exact) mass is 327 g/mol. The highest BCUT2D eigenvalue weighted by Gasteiger charge is 2.40. The van der Waals surface area contributed by atoms with Crippen LogP contribution in [0.25, 0.3) is 0 Å². The molecule has 0 saturated heterocycles. The van der Waals surface area contributed by atoms with Gasteiger partial charge in [-0.3, -0.25) is 14.4 Å². The molecule has 0 aromatic heterocycles. The zero-order valence-corrected chi connectivity index (χ0v) is 12.0. The number of phenolic OH excluding ortho intramolecular Hbond substituents is 2. The van der Waals surface area contributed by atoms with Crippen molar-refractivity contribution in [2.75, 3.05) is 6.54 Å². The molecule has 23 heavy (non-hydrogen) atoms. The third kappa shape index (κ3) is 5.47. The van der Waals surface area contributed by atoms with Crippen molar-refractivity contribution >= 4 is 17.8 Å². The van der Waals surface area contributed by atoms with Crippen molar-refractivity contribution in [1.82, 2.24) is 5.32 Å². The number of phenols is 2. The molecule has 0 bridgehead atoms. The minimum absolute atomic E-state index is 0.0232. The fourth-order valence-corrected chi connectivity index (χ4v) is 1.93. The molecular weight excluding hydrogens is 310 g/mol. The van der Waals surface area contributed by atoms with Gasteiger partial charge in [0.05, 0.1) is 12.8 Å². The quantitative estimate of drug-likeness (QED) is 0.346. The van der Waals surface area contributed by atoms with Crippen molar-refractivity contribution in [3.05, 3.63) is 23.8 Å². The maximum atomic E-state index is 11.9. The van der Waals surface area contributed by atoms with E-state index in [9.17, 15) is 24.6 Å². The summed E-state index contributed by atoms with van der Waals surface area (Å²) >= 11 is 0. The van der Waals surface area contributed by atoms with E-state index in [1.807, 2.05) is 0 Å². The molecule has 1 aromatic rings. The SMILES string of the molecule is O=C(O)CC(O)(CC(=O)O)C(=O)NCCc1ccc(O)c(O)c1. The van der Waals surface area contributed by atoms with E-state index in [-0.39, 0.29) is 24.5 Å². The molecule has 0 aliphatic rings. The number of aromatic hydroxyl groups is 2. The fourth-order valence-electron chi connectivity index (χ4n) is 1.93. The Kier molecular flexibility index (Phi) is 5.91. The summed E-state index contributed by atoms with van der Waals surface area (Å²) in [6, 6.07) is 4.04. The first-order valence-electron chi connectivity index (χ1n) is 6.59. The van der Waals surface area contributed by atoms with Gasteiger partial charge >= 0.3 is 11.9 Å². The molecule has 0 aliphatic carbocycles. The summed E-state index contributed by atoms with van der Waals surface area (Å²) in [7, 11) is 0. The summed E-state index contributed by atoms with van der Waals surface area (Å²) in [6.45, 7) is -0.0232. The van der Waals surface area contributed by atoms with E-state index in [2.05, 4.69) is 5.32 Å². The molecule has 0 unspecified atom stereocenters. The first kappa shape index (κ1) is 18.2. The molecule has 0 aliphatic heterocycles. The Balaban J connectivity index is 2.66. The highest BCUT2D eigenvalue weighted by Crippen LogP contribution is 2.25. The van der Waals surface area contributed by atoms with Gasteiger partial charge in [-0.05, 0) is 24.1 Å². The molecule has 9 heteroatoms. The summed E-state index contributed by atoms with van der Waals surface area (Å²) in [6.07, 6.45) is -1.86. The Labute approximate surface area is 130 Å². The zero-order chi connectivity index (χ0) is 17.6. The number of carbonyl (C=O) groups excluding carboxylic acids is 1. The number of carbonyl (C=O) groups is 3. The van der Waals surface area contributed by atoms with E-state index in [1.54, 1.807) is 0 Å². The molecule has 6 N–H and O–H groups in total. The van der Waals surface area contributed by atoms with Crippen molar-refractivity contribution in [2.24, 2.45) is 0 Å². The number of amides is 1. The number of carboxylic acid groups (broad SMARTS) is 2. The lowest BCUT2D eigenvalue weighted by Crippen LogP contribution is -2.50. The smallest absolute Gasteiger partial charge is 0.306 e. The molecule has 0 fully saturated rings.